The van der Waals surface area contributed by atoms with Gasteiger partial charge in [-0.15, -0.1) is 0 Å². The normalized spacial score (nSPS) is 13.1. The van der Waals surface area contributed by atoms with Crippen LogP contribution in [0.5, 0.6) is 11.5 Å². The maximum atomic E-state index is 5.96. The molecule has 0 aliphatic carbocycles. The summed E-state index contributed by atoms with van der Waals surface area (Å²) in [6.07, 6.45) is 4.03. The summed E-state index contributed by atoms with van der Waals surface area (Å²) in [5, 5.41) is 0.741. The number of pyridine rings is 1. The number of nitrogens with zero attached hydrogens (tertiary/aromatic N) is 3. The number of ether oxygens (including phenoxy) is 2. The number of imidazole rings is 1. The molecule has 3 aliphatic rings. The highest BCUT2D eigenvalue weighted by atomic mass is 35.5. The zero-order valence-electron chi connectivity index (χ0n) is 14.4. The van der Waals surface area contributed by atoms with Crippen molar-refractivity contribution in [2.24, 2.45) is 0 Å². The SMILES string of the molecule is Clc1ccc(Cn2ccc3nc(-c4ccc5c(c4)OCCO5)nc-3c2)cc1. The minimum absolute atomic E-state index is 0.561. The number of hydrogen-bond acceptors (Lipinski definition) is 4. The highest BCUT2D eigenvalue weighted by Gasteiger charge is 2.17. The summed E-state index contributed by atoms with van der Waals surface area (Å²) in [7, 11) is 0. The molecule has 0 atom stereocenters. The van der Waals surface area contributed by atoms with Crippen LogP contribution in [0.4, 0.5) is 0 Å². The van der Waals surface area contributed by atoms with E-state index >= 15 is 0 Å². The standard InChI is InChI=1S/C21H16ClN3O2/c22-16-4-1-14(2-5-16)12-25-8-7-17-18(13-25)24-21(23-17)15-3-6-19-20(11-15)27-10-9-26-19/h1-8,11,13H,9-10,12H2. The van der Waals surface area contributed by atoms with E-state index in [-0.39, 0.29) is 0 Å². The van der Waals surface area contributed by atoms with Gasteiger partial charge in [0.1, 0.15) is 18.9 Å². The summed E-state index contributed by atoms with van der Waals surface area (Å²) in [6, 6.07) is 15.6. The van der Waals surface area contributed by atoms with Crippen LogP contribution in [0, 0.1) is 0 Å². The average molecular weight is 378 g/mol. The highest BCUT2D eigenvalue weighted by Crippen LogP contribution is 2.34. The molecule has 5 nitrogen and oxygen atoms in total. The summed E-state index contributed by atoms with van der Waals surface area (Å²) in [6.45, 7) is 1.89. The Kier molecular flexibility index (Phi) is 3.94. The van der Waals surface area contributed by atoms with Gasteiger partial charge in [0, 0.05) is 29.5 Å². The number of benzene rings is 2. The van der Waals surface area contributed by atoms with Gasteiger partial charge in [-0.2, -0.15) is 0 Å². The molecule has 2 aromatic carbocycles. The lowest BCUT2D eigenvalue weighted by molar-refractivity contribution is 0.171. The van der Waals surface area contributed by atoms with Crippen LogP contribution in [-0.4, -0.2) is 27.7 Å². The maximum Gasteiger partial charge on any atom is 0.162 e. The molecule has 0 unspecified atom stereocenters. The Bertz CT molecular complexity index is 1080. The van der Waals surface area contributed by atoms with E-state index in [9.17, 15) is 0 Å². The largest absolute Gasteiger partial charge is 0.486 e. The first-order valence-corrected chi connectivity index (χ1v) is 9.10. The van der Waals surface area contributed by atoms with Gasteiger partial charge in [-0.25, -0.2) is 9.97 Å². The van der Waals surface area contributed by atoms with Gasteiger partial charge in [-0.3, -0.25) is 0 Å². The molecule has 0 saturated carbocycles. The van der Waals surface area contributed by atoms with Crippen LogP contribution in [-0.2, 0) is 6.54 Å². The molecule has 6 heteroatoms. The van der Waals surface area contributed by atoms with Gasteiger partial charge < -0.3 is 14.0 Å². The van der Waals surface area contributed by atoms with E-state index in [4.69, 9.17) is 26.1 Å². The number of aromatic nitrogens is 3. The van der Waals surface area contributed by atoms with Crippen LogP contribution in [0.25, 0.3) is 22.8 Å². The first kappa shape index (κ1) is 16.1. The van der Waals surface area contributed by atoms with E-state index in [1.54, 1.807) is 0 Å². The van der Waals surface area contributed by atoms with E-state index in [2.05, 4.69) is 9.55 Å². The number of rotatable bonds is 3. The Morgan fingerprint density at radius 1 is 0.889 bits per heavy atom. The quantitative estimate of drug-likeness (QED) is 0.526. The molecule has 0 spiro atoms. The van der Waals surface area contributed by atoms with Gasteiger partial charge >= 0.3 is 0 Å². The van der Waals surface area contributed by atoms with Crippen molar-refractivity contribution in [3.8, 4) is 34.3 Å². The van der Waals surface area contributed by atoms with Crippen molar-refractivity contribution >= 4 is 11.6 Å². The van der Waals surface area contributed by atoms with Crippen molar-refractivity contribution in [2.45, 2.75) is 6.54 Å². The van der Waals surface area contributed by atoms with Crippen LogP contribution in [0.3, 0.4) is 0 Å². The average Bonchev–Trinajstić information content (AvgIpc) is 3.13. The highest BCUT2D eigenvalue weighted by molar-refractivity contribution is 6.30. The first-order chi connectivity index (χ1) is 13.2. The minimum Gasteiger partial charge on any atom is -0.486 e. The second-order valence-electron chi connectivity index (χ2n) is 6.42. The second kappa shape index (κ2) is 6.59. The third kappa shape index (κ3) is 3.22. The molecule has 0 saturated heterocycles. The van der Waals surface area contributed by atoms with Gasteiger partial charge in [0.25, 0.3) is 0 Å². The Morgan fingerprint density at radius 2 is 1.67 bits per heavy atom. The molecule has 0 radical (unpaired) electrons. The van der Waals surface area contributed by atoms with Gasteiger partial charge in [-0.05, 0) is 42.0 Å². The monoisotopic (exact) mass is 377 g/mol. The number of halogens is 1. The lowest BCUT2D eigenvalue weighted by atomic mass is 10.2. The third-order valence-electron chi connectivity index (χ3n) is 4.51. The van der Waals surface area contributed by atoms with Crippen molar-refractivity contribution in [1.29, 1.82) is 0 Å². The lowest BCUT2D eigenvalue weighted by Gasteiger charge is -2.18. The smallest absolute Gasteiger partial charge is 0.162 e. The number of fused-ring (bicyclic) bond motifs is 2. The molecule has 3 heterocycles. The predicted octanol–water partition coefficient (Wildman–Crippen LogP) is 4.52. The topological polar surface area (TPSA) is 49.2 Å². The van der Waals surface area contributed by atoms with Crippen molar-refractivity contribution in [2.75, 3.05) is 13.2 Å². The van der Waals surface area contributed by atoms with Gasteiger partial charge in [0.05, 0.1) is 5.69 Å². The van der Waals surface area contributed by atoms with E-state index in [1.807, 2.05) is 60.9 Å². The van der Waals surface area contributed by atoms with E-state index < -0.39 is 0 Å². The molecule has 0 aromatic heterocycles. The van der Waals surface area contributed by atoms with Crippen LogP contribution >= 0.6 is 11.6 Å². The summed E-state index contributed by atoms with van der Waals surface area (Å²) in [4.78, 5) is 9.35. The molecule has 0 bridgehead atoms. The molecule has 27 heavy (non-hydrogen) atoms. The fraction of sp³-hybridized carbons (Fsp3) is 0.143. The van der Waals surface area contributed by atoms with Crippen LogP contribution < -0.4 is 9.47 Å². The van der Waals surface area contributed by atoms with Crippen LogP contribution in [0.1, 0.15) is 5.56 Å². The van der Waals surface area contributed by atoms with E-state index in [1.165, 1.54) is 5.56 Å². The van der Waals surface area contributed by atoms with Crippen LogP contribution in [0.2, 0.25) is 5.02 Å². The molecule has 5 rings (SSSR count). The fourth-order valence-electron chi connectivity index (χ4n) is 3.16. The molecule has 0 fully saturated rings. The molecule has 134 valence electrons. The Labute approximate surface area is 161 Å². The Hall–Kier alpha value is -3.05. The van der Waals surface area contributed by atoms with Crippen molar-refractivity contribution in [3.63, 3.8) is 0 Å². The van der Waals surface area contributed by atoms with Crippen molar-refractivity contribution in [3.05, 3.63) is 71.5 Å². The van der Waals surface area contributed by atoms with Gasteiger partial charge in [0.2, 0.25) is 0 Å². The minimum atomic E-state index is 0.561. The zero-order chi connectivity index (χ0) is 18.2. The molecule has 0 amide bonds. The zero-order valence-corrected chi connectivity index (χ0v) is 15.2. The summed E-state index contributed by atoms with van der Waals surface area (Å²) >= 11 is 5.96. The molecule has 3 aliphatic heterocycles. The third-order valence-corrected chi connectivity index (χ3v) is 4.76. The fourth-order valence-corrected chi connectivity index (χ4v) is 3.29. The molecular weight excluding hydrogens is 362 g/mol. The summed E-state index contributed by atoms with van der Waals surface area (Å²) in [5.41, 5.74) is 3.82. The van der Waals surface area contributed by atoms with Gasteiger partial charge in [0.15, 0.2) is 17.3 Å². The van der Waals surface area contributed by atoms with E-state index in [0.29, 0.717) is 19.0 Å². The predicted molar refractivity (Wildman–Crippen MR) is 104 cm³/mol. The Morgan fingerprint density at radius 3 is 2.52 bits per heavy atom. The maximum absolute atomic E-state index is 5.96. The lowest BCUT2D eigenvalue weighted by Crippen LogP contribution is -2.15. The van der Waals surface area contributed by atoms with Crippen molar-refractivity contribution < 1.29 is 9.47 Å². The second-order valence-corrected chi connectivity index (χ2v) is 6.86. The van der Waals surface area contributed by atoms with Crippen molar-refractivity contribution in [1.82, 2.24) is 14.5 Å². The molecule has 2 aromatic rings. The van der Waals surface area contributed by atoms with Crippen LogP contribution in [0.15, 0.2) is 60.9 Å². The molecular formula is C21H16ClN3O2. The first-order valence-electron chi connectivity index (χ1n) is 8.73. The summed E-state index contributed by atoms with van der Waals surface area (Å²) < 4.78 is 13.3. The summed E-state index contributed by atoms with van der Waals surface area (Å²) in [5.74, 6) is 2.19. The van der Waals surface area contributed by atoms with Gasteiger partial charge in [-0.1, -0.05) is 23.7 Å². The number of hydrogen-bond donors (Lipinski definition) is 0. The molecule has 0 N–H and O–H groups in total. The Balaban J connectivity index is 1.45. The van der Waals surface area contributed by atoms with E-state index in [0.717, 1.165) is 40.0 Å².